The number of nitrogens with zero attached hydrogens (tertiary/aromatic N) is 4. The van der Waals surface area contributed by atoms with E-state index in [2.05, 4.69) is 18.7 Å². The van der Waals surface area contributed by atoms with E-state index in [0.29, 0.717) is 43.3 Å². The van der Waals surface area contributed by atoms with Crippen molar-refractivity contribution >= 4 is 27.5 Å². The molecule has 0 radical (unpaired) electrons. The van der Waals surface area contributed by atoms with Gasteiger partial charge in [-0.05, 0) is 62.9 Å². The minimum Gasteiger partial charge on any atom is -0.339 e. The fourth-order valence-electron chi connectivity index (χ4n) is 5.19. The average molecular weight is 477 g/mol. The van der Waals surface area contributed by atoms with Gasteiger partial charge in [0, 0.05) is 45.0 Å². The van der Waals surface area contributed by atoms with E-state index < -0.39 is 15.4 Å². The lowest BCUT2D eigenvalue weighted by Crippen LogP contribution is -2.52. The normalized spacial score (nSPS) is 24.2. The fourth-order valence-corrected chi connectivity index (χ4v) is 6.82. The van der Waals surface area contributed by atoms with Gasteiger partial charge in [0.2, 0.25) is 21.8 Å². The Morgan fingerprint density at radius 3 is 2.45 bits per heavy atom. The third-order valence-electron chi connectivity index (χ3n) is 7.44. The summed E-state index contributed by atoms with van der Waals surface area (Å²) >= 11 is 0. The van der Waals surface area contributed by atoms with Crippen LogP contribution in [0.4, 0.5) is 5.69 Å². The number of anilines is 1. The summed E-state index contributed by atoms with van der Waals surface area (Å²) in [5.74, 6) is 0.0996. The van der Waals surface area contributed by atoms with Crippen molar-refractivity contribution in [3.63, 3.8) is 0 Å². The first-order valence-electron chi connectivity index (χ1n) is 12.0. The number of sulfonamides is 1. The lowest BCUT2D eigenvalue weighted by molar-refractivity contribution is -0.133. The molecular weight excluding hydrogens is 440 g/mol. The SMILES string of the molecule is CCN1CCN(C(=O)CN2C(=O)C(C)(C)c3cc(S(=O)(=O)N4CCC[C@H](C)C4)ccc32)CC1. The van der Waals surface area contributed by atoms with Crippen LogP contribution in [0.1, 0.15) is 46.1 Å². The molecule has 1 aromatic rings. The molecule has 33 heavy (non-hydrogen) atoms. The Balaban J connectivity index is 1.57. The molecule has 1 atom stereocenters. The molecule has 0 spiro atoms. The van der Waals surface area contributed by atoms with Crippen LogP contribution in [0.3, 0.4) is 0 Å². The minimum atomic E-state index is -3.63. The molecule has 2 fully saturated rings. The summed E-state index contributed by atoms with van der Waals surface area (Å²) in [6, 6.07) is 4.93. The lowest BCUT2D eigenvalue weighted by atomic mass is 9.86. The standard InChI is InChI=1S/C24H36N4O4S/c1-5-25-11-13-26(14-12-25)22(29)17-28-21-9-8-19(15-20(21)24(3,4)23(28)30)33(31,32)27-10-6-7-18(2)16-27/h8-9,15,18H,5-7,10-14,16-17H2,1-4H3/t18-/m0/s1. The molecule has 3 heterocycles. The summed E-state index contributed by atoms with van der Waals surface area (Å²) in [5.41, 5.74) is 0.413. The van der Waals surface area contributed by atoms with Crippen LogP contribution in [0.2, 0.25) is 0 Å². The van der Waals surface area contributed by atoms with Gasteiger partial charge in [-0.2, -0.15) is 4.31 Å². The van der Waals surface area contributed by atoms with Gasteiger partial charge in [0.1, 0.15) is 6.54 Å². The van der Waals surface area contributed by atoms with Gasteiger partial charge in [0.15, 0.2) is 0 Å². The highest BCUT2D eigenvalue weighted by Crippen LogP contribution is 2.43. The van der Waals surface area contributed by atoms with Crippen LogP contribution in [-0.2, 0) is 25.0 Å². The van der Waals surface area contributed by atoms with Crippen LogP contribution in [0.15, 0.2) is 23.1 Å². The maximum atomic E-state index is 13.3. The number of hydrogen-bond donors (Lipinski definition) is 0. The summed E-state index contributed by atoms with van der Waals surface area (Å²) < 4.78 is 28.2. The van der Waals surface area contributed by atoms with E-state index in [1.165, 1.54) is 4.90 Å². The van der Waals surface area contributed by atoms with Gasteiger partial charge in [-0.25, -0.2) is 8.42 Å². The van der Waals surface area contributed by atoms with Crippen molar-refractivity contribution in [3.8, 4) is 0 Å². The summed E-state index contributed by atoms with van der Waals surface area (Å²) in [6.07, 6.45) is 1.89. The van der Waals surface area contributed by atoms with Crippen LogP contribution in [0.25, 0.3) is 0 Å². The Bertz CT molecular complexity index is 1030. The topological polar surface area (TPSA) is 81.2 Å². The number of hydrogen-bond acceptors (Lipinski definition) is 5. The van der Waals surface area contributed by atoms with Crippen molar-refractivity contribution in [2.75, 3.05) is 57.3 Å². The Morgan fingerprint density at radius 1 is 1.12 bits per heavy atom. The Morgan fingerprint density at radius 2 is 1.82 bits per heavy atom. The number of carbonyl (C=O) groups excluding carboxylic acids is 2. The van der Waals surface area contributed by atoms with E-state index in [9.17, 15) is 18.0 Å². The molecule has 3 aliphatic rings. The average Bonchev–Trinajstić information content (AvgIpc) is 2.99. The molecule has 1 aromatic carbocycles. The van der Waals surface area contributed by atoms with Gasteiger partial charge in [-0.15, -0.1) is 0 Å². The number of benzene rings is 1. The fraction of sp³-hybridized carbons (Fsp3) is 0.667. The van der Waals surface area contributed by atoms with E-state index in [1.54, 1.807) is 36.4 Å². The lowest BCUT2D eigenvalue weighted by Gasteiger charge is -2.35. The molecule has 0 bridgehead atoms. The van der Waals surface area contributed by atoms with Crippen LogP contribution >= 0.6 is 0 Å². The van der Waals surface area contributed by atoms with E-state index in [0.717, 1.165) is 32.5 Å². The number of piperazine rings is 1. The summed E-state index contributed by atoms with van der Waals surface area (Å²) in [4.78, 5) is 32.2. The molecule has 2 saturated heterocycles. The number of likely N-dealkylation sites (N-methyl/N-ethyl adjacent to an activating group) is 1. The minimum absolute atomic E-state index is 0.0167. The highest BCUT2D eigenvalue weighted by atomic mass is 32.2. The van der Waals surface area contributed by atoms with Gasteiger partial charge < -0.3 is 14.7 Å². The zero-order chi connectivity index (χ0) is 24.0. The third-order valence-corrected chi connectivity index (χ3v) is 9.30. The molecule has 0 aromatic heterocycles. The van der Waals surface area contributed by atoms with Gasteiger partial charge in [0.05, 0.1) is 10.3 Å². The van der Waals surface area contributed by atoms with Gasteiger partial charge in [-0.3, -0.25) is 9.59 Å². The first-order chi connectivity index (χ1) is 15.6. The van der Waals surface area contributed by atoms with Crippen LogP contribution in [-0.4, -0.2) is 86.7 Å². The predicted molar refractivity (Wildman–Crippen MR) is 128 cm³/mol. The predicted octanol–water partition coefficient (Wildman–Crippen LogP) is 1.90. The maximum Gasteiger partial charge on any atom is 0.243 e. The smallest absolute Gasteiger partial charge is 0.243 e. The number of rotatable bonds is 5. The van der Waals surface area contributed by atoms with Crippen molar-refractivity contribution in [2.24, 2.45) is 5.92 Å². The van der Waals surface area contributed by atoms with Crippen LogP contribution in [0.5, 0.6) is 0 Å². The summed E-state index contributed by atoms with van der Waals surface area (Å²) in [6.45, 7) is 12.8. The van der Waals surface area contributed by atoms with Crippen molar-refractivity contribution in [1.29, 1.82) is 0 Å². The van der Waals surface area contributed by atoms with Gasteiger partial charge in [0.25, 0.3) is 0 Å². The zero-order valence-electron chi connectivity index (χ0n) is 20.2. The Labute approximate surface area is 197 Å². The van der Waals surface area contributed by atoms with Crippen molar-refractivity contribution in [3.05, 3.63) is 23.8 Å². The van der Waals surface area contributed by atoms with Crippen LogP contribution < -0.4 is 4.90 Å². The monoisotopic (exact) mass is 476 g/mol. The quantitative estimate of drug-likeness (QED) is 0.648. The first-order valence-corrected chi connectivity index (χ1v) is 13.5. The molecule has 9 heteroatoms. The number of amides is 2. The molecule has 0 N–H and O–H groups in total. The Kier molecular flexibility index (Phi) is 6.59. The van der Waals surface area contributed by atoms with Crippen molar-refractivity contribution in [2.45, 2.75) is 50.8 Å². The highest BCUT2D eigenvalue weighted by molar-refractivity contribution is 7.89. The molecule has 0 saturated carbocycles. The molecule has 3 aliphatic heterocycles. The second-order valence-corrected chi connectivity index (χ2v) is 12.1. The zero-order valence-corrected chi connectivity index (χ0v) is 21.0. The van der Waals surface area contributed by atoms with E-state index in [-0.39, 0.29) is 23.3 Å². The largest absolute Gasteiger partial charge is 0.339 e. The first kappa shape index (κ1) is 24.2. The van der Waals surface area contributed by atoms with E-state index in [1.807, 2.05) is 4.90 Å². The molecule has 0 unspecified atom stereocenters. The second-order valence-electron chi connectivity index (χ2n) is 10.1. The Hall–Kier alpha value is -1.97. The van der Waals surface area contributed by atoms with Gasteiger partial charge >= 0.3 is 0 Å². The molecule has 8 nitrogen and oxygen atoms in total. The maximum absolute atomic E-state index is 13.3. The third kappa shape index (κ3) is 4.42. The summed E-state index contributed by atoms with van der Waals surface area (Å²) in [7, 11) is -3.63. The number of piperidine rings is 1. The highest BCUT2D eigenvalue weighted by Gasteiger charge is 2.45. The number of carbonyl (C=O) groups is 2. The van der Waals surface area contributed by atoms with E-state index >= 15 is 0 Å². The van der Waals surface area contributed by atoms with Gasteiger partial charge in [-0.1, -0.05) is 13.8 Å². The summed E-state index contributed by atoms with van der Waals surface area (Å²) in [5, 5.41) is 0. The van der Waals surface area contributed by atoms with Crippen molar-refractivity contribution < 1.29 is 18.0 Å². The van der Waals surface area contributed by atoms with Crippen LogP contribution in [0, 0.1) is 5.92 Å². The molecule has 0 aliphatic carbocycles. The molecule has 2 amide bonds. The van der Waals surface area contributed by atoms with E-state index in [4.69, 9.17) is 0 Å². The molecule has 182 valence electrons. The van der Waals surface area contributed by atoms with Crippen molar-refractivity contribution in [1.82, 2.24) is 14.1 Å². The number of fused-ring (bicyclic) bond motifs is 1. The second kappa shape index (κ2) is 9.00. The molecule has 4 rings (SSSR count). The molecular formula is C24H36N4O4S.